The summed E-state index contributed by atoms with van der Waals surface area (Å²) in [6.45, 7) is 5.25. The van der Waals surface area contributed by atoms with Gasteiger partial charge < -0.3 is 21.4 Å². The number of halogens is 1. The van der Waals surface area contributed by atoms with Crippen molar-refractivity contribution >= 4 is 29.7 Å². The Labute approximate surface area is 188 Å². The van der Waals surface area contributed by atoms with E-state index in [4.69, 9.17) is 5.41 Å². The minimum atomic E-state index is -1.16. The van der Waals surface area contributed by atoms with Crippen molar-refractivity contribution in [1.82, 2.24) is 16.0 Å². The van der Waals surface area contributed by atoms with Crippen molar-refractivity contribution in [3.63, 3.8) is 0 Å². The molecule has 0 unspecified atom stereocenters. The van der Waals surface area contributed by atoms with Gasteiger partial charge in [-0.25, -0.2) is 4.39 Å². The van der Waals surface area contributed by atoms with Gasteiger partial charge in [0, 0.05) is 19.9 Å². The van der Waals surface area contributed by atoms with Crippen molar-refractivity contribution in [2.45, 2.75) is 77.4 Å². The molecule has 0 aliphatic carbocycles. The second-order valence-electron chi connectivity index (χ2n) is 7.78. The summed E-state index contributed by atoms with van der Waals surface area (Å²) in [5, 5.41) is 15.2. The van der Waals surface area contributed by atoms with Crippen LogP contribution in [0.2, 0.25) is 0 Å². The summed E-state index contributed by atoms with van der Waals surface area (Å²) in [5.74, 6) is -2.20. The Bertz CT molecular complexity index is 805. The van der Waals surface area contributed by atoms with Crippen LogP contribution in [0.1, 0.15) is 64.9 Å². The van der Waals surface area contributed by atoms with Crippen molar-refractivity contribution in [2.75, 3.05) is 0 Å². The Kier molecular flexibility index (Phi) is 11.2. The number of carbonyl (C=O) groups excluding carboxylic acids is 4. The average molecular weight is 449 g/mol. The van der Waals surface area contributed by atoms with Crippen LogP contribution in [0.15, 0.2) is 24.3 Å². The second kappa shape index (κ2) is 13.3. The monoisotopic (exact) mass is 448 g/mol. The van der Waals surface area contributed by atoms with E-state index in [1.165, 1.54) is 31.2 Å². The number of hydrogen-bond acceptors (Lipinski definition) is 5. The molecule has 0 saturated carbocycles. The van der Waals surface area contributed by atoms with E-state index >= 15 is 0 Å². The van der Waals surface area contributed by atoms with Gasteiger partial charge in [0.25, 0.3) is 0 Å². The van der Waals surface area contributed by atoms with Crippen LogP contribution in [0, 0.1) is 11.2 Å². The Morgan fingerprint density at radius 3 is 2.19 bits per heavy atom. The van der Waals surface area contributed by atoms with Crippen LogP contribution in [0.25, 0.3) is 0 Å². The predicted molar refractivity (Wildman–Crippen MR) is 120 cm³/mol. The molecule has 1 aromatic carbocycles. The molecule has 176 valence electrons. The average Bonchev–Trinajstić information content (AvgIpc) is 2.75. The Balaban J connectivity index is 3.02. The van der Waals surface area contributed by atoms with E-state index in [0.717, 1.165) is 0 Å². The zero-order valence-corrected chi connectivity index (χ0v) is 18.9. The lowest BCUT2D eigenvalue weighted by Crippen LogP contribution is -2.61. The van der Waals surface area contributed by atoms with Gasteiger partial charge in [-0.1, -0.05) is 38.8 Å². The lowest BCUT2D eigenvalue weighted by molar-refractivity contribution is -0.136. The topological polar surface area (TPSA) is 128 Å². The zero-order valence-electron chi connectivity index (χ0n) is 18.9. The third kappa shape index (κ3) is 8.56. The maximum Gasteiger partial charge on any atom is 0.246 e. The first-order valence-corrected chi connectivity index (χ1v) is 10.8. The molecule has 0 spiro atoms. The molecule has 0 aromatic heterocycles. The molecule has 3 amide bonds. The summed E-state index contributed by atoms with van der Waals surface area (Å²) in [6.07, 6.45) is 2.66. The maximum atomic E-state index is 13.2. The van der Waals surface area contributed by atoms with E-state index in [9.17, 15) is 23.6 Å². The van der Waals surface area contributed by atoms with Crippen LogP contribution < -0.4 is 16.0 Å². The number of nitrogens with one attached hydrogen (secondary N) is 4. The first-order chi connectivity index (χ1) is 15.2. The molecular formula is C23H33FN4O4. The normalized spacial score (nSPS) is 11.9. The van der Waals surface area contributed by atoms with E-state index in [0.29, 0.717) is 37.5 Å². The number of amides is 3. The Morgan fingerprint density at radius 2 is 1.69 bits per heavy atom. The number of ketones is 1. The SMILES string of the molecule is CCCC(CCC)(NC(C)=O)C(=O)N[C@@H](CCC(=O)C=N)C(=O)NCc1ccc(F)cc1. The number of carbonyl (C=O) groups is 4. The molecule has 32 heavy (non-hydrogen) atoms. The van der Waals surface area contributed by atoms with Gasteiger partial charge in [-0.15, -0.1) is 0 Å². The molecule has 9 heteroatoms. The molecule has 0 bridgehead atoms. The van der Waals surface area contributed by atoms with Crippen molar-refractivity contribution in [2.24, 2.45) is 0 Å². The summed E-state index contributed by atoms with van der Waals surface area (Å²) in [4.78, 5) is 49.5. The number of benzene rings is 1. The van der Waals surface area contributed by atoms with E-state index in [2.05, 4.69) is 16.0 Å². The molecule has 0 fully saturated rings. The van der Waals surface area contributed by atoms with Gasteiger partial charge in [-0.2, -0.15) is 0 Å². The smallest absolute Gasteiger partial charge is 0.246 e. The van der Waals surface area contributed by atoms with Crippen LogP contribution in [0.3, 0.4) is 0 Å². The highest BCUT2D eigenvalue weighted by molar-refractivity contribution is 6.26. The molecule has 1 aromatic rings. The van der Waals surface area contributed by atoms with E-state index in [1.807, 2.05) is 13.8 Å². The second-order valence-corrected chi connectivity index (χ2v) is 7.78. The fourth-order valence-electron chi connectivity index (χ4n) is 3.56. The summed E-state index contributed by atoms with van der Waals surface area (Å²) < 4.78 is 13.1. The molecule has 0 heterocycles. The zero-order chi connectivity index (χ0) is 24.1. The lowest BCUT2D eigenvalue weighted by atomic mass is 9.86. The van der Waals surface area contributed by atoms with Crippen LogP contribution in [-0.2, 0) is 25.7 Å². The van der Waals surface area contributed by atoms with Gasteiger partial charge in [0.2, 0.25) is 17.7 Å². The van der Waals surface area contributed by atoms with Crippen molar-refractivity contribution in [3.05, 3.63) is 35.6 Å². The van der Waals surface area contributed by atoms with Gasteiger partial charge in [0.1, 0.15) is 17.4 Å². The highest BCUT2D eigenvalue weighted by atomic mass is 19.1. The number of hydrogen-bond donors (Lipinski definition) is 4. The van der Waals surface area contributed by atoms with Gasteiger partial charge in [0.05, 0.1) is 6.21 Å². The molecule has 0 aliphatic rings. The highest BCUT2D eigenvalue weighted by Gasteiger charge is 2.39. The van der Waals surface area contributed by atoms with Gasteiger partial charge in [0.15, 0.2) is 5.78 Å². The third-order valence-electron chi connectivity index (χ3n) is 5.05. The van der Waals surface area contributed by atoms with Crippen LogP contribution in [0.5, 0.6) is 0 Å². The molecule has 4 N–H and O–H groups in total. The van der Waals surface area contributed by atoms with Crippen molar-refractivity contribution in [3.8, 4) is 0 Å². The van der Waals surface area contributed by atoms with Crippen LogP contribution >= 0.6 is 0 Å². The Morgan fingerprint density at radius 1 is 1.09 bits per heavy atom. The van der Waals surface area contributed by atoms with Gasteiger partial charge in [-0.05, 0) is 37.0 Å². The standard InChI is InChI=1S/C23H33FN4O4/c1-4-12-23(13-5-2,28-16(3)29)22(32)27-20(11-10-19(30)14-25)21(31)26-15-17-6-8-18(24)9-7-17/h6-9,14,20,25H,4-5,10-13,15H2,1-3H3,(H,26,31)(H,27,32)(H,28,29)/t20-/m0/s1. The quantitative estimate of drug-likeness (QED) is 0.326. The van der Waals surface area contributed by atoms with E-state index in [-0.39, 0.29) is 25.3 Å². The predicted octanol–water partition coefficient (Wildman–Crippen LogP) is 2.40. The van der Waals surface area contributed by atoms with Crippen molar-refractivity contribution in [1.29, 1.82) is 5.41 Å². The van der Waals surface area contributed by atoms with E-state index in [1.54, 1.807) is 0 Å². The Hall–Kier alpha value is -3.10. The van der Waals surface area contributed by atoms with Crippen LogP contribution in [0.4, 0.5) is 4.39 Å². The first kappa shape index (κ1) is 26.9. The third-order valence-corrected chi connectivity index (χ3v) is 5.05. The minimum absolute atomic E-state index is 0.00358. The summed E-state index contributed by atoms with van der Waals surface area (Å²) >= 11 is 0. The number of Topliss-reactive ketones (excluding diaryl/α,β-unsaturated/α-hetero) is 1. The van der Waals surface area contributed by atoms with Crippen molar-refractivity contribution < 1.29 is 23.6 Å². The molecule has 1 rings (SSSR count). The fraction of sp³-hybridized carbons (Fsp3) is 0.522. The van der Waals surface area contributed by atoms with Gasteiger partial charge in [-0.3, -0.25) is 19.2 Å². The molecule has 8 nitrogen and oxygen atoms in total. The van der Waals surface area contributed by atoms with E-state index < -0.39 is 35.0 Å². The largest absolute Gasteiger partial charge is 0.350 e. The lowest BCUT2D eigenvalue weighted by Gasteiger charge is -2.34. The minimum Gasteiger partial charge on any atom is -0.350 e. The fourth-order valence-corrected chi connectivity index (χ4v) is 3.56. The molecule has 1 atom stereocenters. The first-order valence-electron chi connectivity index (χ1n) is 10.8. The number of rotatable bonds is 14. The summed E-state index contributed by atoms with van der Waals surface area (Å²) in [6, 6.07) is 4.59. The maximum absolute atomic E-state index is 13.2. The molecule has 0 aliphatic heterocycles. The summed E-state index contributed by atoms with van der Waals surface area (Å²) in [7, 11) is 0. The molecule has 0 saturated heterocycles. The summed E-state index contributed by atoms with van der Waals surface area (Å²) in [5.41, 5.74) is -0.485. The molecular weight excluding hydrogens is 415 g/mol. The highest BCUT2D eigenvalue weighted by Crippen LogP contribution is 2.21. The molecule has 0 radical (unpaired) electrons. The van der Waals surface area contributed by atoms with Crippen LogP contribution in [-0.4, -0.2) is 41.3 Å². The van der Waals surface area contributed by atoms with Gasteiger partial charge >= 0.3 is 0 Å².